The number of hydrogen-bond acceptors (Lipinski definition) is 6. The summed E-state index contributed by atoms with van der Waals surface area (Å²) in [4.78, 5) is 30.5. The minimum Gasteiger partial charge on any atom is -0.474 e. The van der Waals surface area contributed by atoms with Gasteiger partial charge in [0, 0.05) is 43.4 Å². The molecule has 1 spiro atoms. The number of Topliss-reactive ketones (excluding diaryl/α,β-unsaturated/α-hetero) is 1. The van der Waals surface area contributed by atoms with Crippen molar-refractivity contribution in [1.29, 1.82) is 0 Å². The lowest BCUT2D eigenvalue weighted by Gasteiger charge is -2.46. The summed E-state index contributed by atoms with van der Waals surface area (Å²) < 4.78 is 21.2. The number of aromatic nitrogens is 3. The first-order chi connectivity index (χ1) is 16.9. The van der Waals surface area contributed by atoms with E-state index in [0.717, 1.165) is 5.52 Å². The normalized spacial score (nSPS) is 27.4. The molecule has 35 heavy (non-hydrogen) atoms. The van der Waals surface area contributed by atoms with Gasteiger partial charge >= 0.3 is 0 Å². The first-order valence-electron chi connectivity index (χ1n) is 11.9. The van der Waals surface area contributed by atoms with Crippen molar-refractivity contribution < 1.29 is 23.8 Å². The van der Waals surface area contributed by atoms with Gasteiger partial charge < -0.3 is 15.2 Å². The molecule has 2 heterocycles. The monoisotopic (exact) mass is 476 g/mol. The van der Waals surface area contributed by atoms with Crippen LogP contribution in [0.1, 0.15) is 49.7 Å². The third-order valence-electron chi connectivity index (χ3n) is 7.38. The van der Waals surface area contributed by atoms with Crippen LogP contribution in [0.2, 0.25) is 0 Å². The van der Waals surface area contributed by atoms with Crippen LogP contribution < -0.4 is 10.1 Å². The van der Waals surface area contributed by atoms with Gasteiger partial charge in [-0.25, -0.2) is 9.37 Å². The van der Waals surface area contributed by atoms with Crippen LogP contribution in [0.15, 0.2) is 42.1 Å². The van der Waals surface area contributed by atoms with Crippen LogP contribution >= 0.6 is 0 Å². The number of pyridine rings is 1. The van der Waals surface area contributed by atoms with Crippen molar-refractivity contribution in [1.82, 2.24) is 20.5 Å². The highest BCUT2D eigenvalue weighted by molar-refractivity contribution is 5.97. The fourth-order valence-corrected chi connectivity index (χ4v) is 5.54. The van der Waals surface area contributed by atoms with Crippen LogP contribution in [0.5, 0.6) is 5.88 Å². The maximum Gasteiger partial charge on any atom is 0.224 e. The summed E-state index contributed by atoms with van der Waals surface area (Å²) >= 11 is 0. The van der Waals surface area contributed by atoms with Crippen molar-refractivity contribution in [3.05, 3.63) is 59.0 Å². The van der Waals surface area contributed by atoms with Gasteiger partial charge in [-0.2, -0.15) is 5.10 Å². The van der Waals surface area contributed by atoms with Crippen LogP contribution in [0, 0.1) is 5.82 Å². The lowest BCUT2D eigenvalue weighted by Crippen LogP contribution is -2.53. The molecule has 0 bridgehead atoms. The highest BCUT2D eigenvalue weighted by Gasteiger charge is 2.55. The van der Waals surface area contributed by atoms with E-state index in [2.05, 4.69) is 20.5 Å². The van der Waals surface area contributed by atoms with Crippen molar-refractivity contribution >= 4 is 28.8 Å². The molecule has 9 heteroatoms. The third-order valence-corrected chi connectivity index (χ3v) is 7.38. The molecule has 2 saturated carbocycles. The van der Waals surface area contributed by atoms with E-state index in [0.29, 0.717) is 53.8 Å². The van der Waals surface area contributed by atoms with Gasteiger partial charge in [-0.05, 0) is 30.5 Å². The number of amides is 1. The predicted molar refractivity (Wildman–Crippen MR) is 125 cm³/mol. The fraction of sp³-hybridized carbons (Fsp3) is 0.385. The molecule has 3 N–H and O–H groups in total. The number of fused-ring (bicyclic) bond motifs is 3. The average Bonchev–Trinajstić information content (AvgIpc) is 3.18. The molecule has 0 atom stereocenters. The first kappa shape index (κ1) is 21.9. The van der Waals surface area contributed by atoms with Gasteiger partial charge in [0.1, 0.15) is 23.2 Å². The molecular formula is C26H25FN4O4. The number of carbonyl (C=O) groups excluding carboxylic acids is 2. The molecule has 180 valence electrons. The summed E-state index contributed by atoms with van der Waals surface area (Å²) in [6, 6.07) is 8.34. The van der Waals surface area contributed by atoms with Gasteiger partial charge in [0.05, 0.1) is 23.2 Å². The topological polar surface area (TPSA) is 117 Å². The molecule has 0 aliphatic heterocycles. The van der Waals surface area contributed by atoms with Crippen molar-refractivity contribution in [2.45, 2.75) is 62.2 Å². The Hall–Kier alpha value is -3.59. The minimum atomic E-state index is -0.988. The van der Waals surface area contributed by atoms with Gasteiger partial charge in [0.15, 0.2) is 0 Å². The Bertz CT molecular complexity index is 1350. The van der Waals surface area contributed by atoms with Crippen LogP contribution in [-0.2, 0) is 15.0 Å². The summed E-state index contributed by atoms with van der Waals surface area (Å²) in [7, 11) is 0. The number of carbonyl (C=O) groups is 2. The molecule has 6 rings (SSSR count). The summed E-state index contributed by atoms with van der Waals surface area (Å²) in [6.07, 6.45) is 4.69. The van der Waals surface area contributed by atoms with E-state index in [1.54, 1.807) is 30.5 Å². The average molecular weight is 477 g/mol. The minimum absolute atomic E-state index is 0.0323. The van der Waals surface area contributed by atoms with Crippen LogP contribution in [-0.4, -0.2) is 50.2 Å². The Labute approximate surface area is 200 Å². The Morgan fingerprint density at radius 1 is 1.26 bits per heavy atom. The maximum atomic E-state index is 15.1. The Morgan fingerprint density at radius 3 is 2.89 bits per heavy atom. The molecule has 8 nitrogen and oxygen atoms in total. The number of benzene rings is 1. The van der Waals surface area contributed by atoms with Crippen molar-refractivity contribution in [2.24, 2.45) is 0 Å². The number of aliphatic hydroxyl groups excluding tert-OH is 1. The second-order valence-corrected chi connectivity index (χ2v) is 9.86. The van der Waals surface area contributed by atoms with E-state index in [1.165, 1.54) is 6.07 Å². The fourth-order valence-electron chi connectivity index (χ4n) is 5.54. The zero-order valence-corrected chi connectivity index (χ0v) is 19.0. The number of halogens is 1. The lowest BCUT2D eigenvalue weighted by molar-refractivity contribution is -0.131. The van der Waals surface area contributed by atoms with Crippen LogP contribution in [0.3, 0.4) is 0 Å². The predicted octanol–water partition coefficient (Wildman–Crippen LogP) is 2.96. The SMILES string of the molecule is O=C(CC1=Cc2cccc(F)c2C2(CC(Oc3ccc4[nH]ncc4n3)C2)C(=O)C1)NC1CC(O)C1. The molecule has 0 radical (unpaired) electrons. The molecule has 1 amide bonds. The zero-order chi connectivity index (χ0) is 24.2. The van der Waals surface area contributed by atoms with Crippen LogP contribution in [0.25, 0.3) is 17.1 Å². The van der Waals surface area contributed by atoms with E-state index < -0.39 is 11.2 Å². The van der Waals surface area contributed by atoms with Crippen molar-refractivity contribution in [3.63, 3.8) is 0 Å². The Kier molecular flexibility index (Phi) is 5.17. The molecule has 3 aliphatic carbocycles. The summed E-state index contributed by atoms with van der Waals surface area (Å²) in [5.74, 6) is -0.272. The Balaban J connectivity index is 1.21. The second-order valence-electron chi connectivity index (χ2n) is 9.86. The van der Waals surface area contributed by atoms with Gasteiger partial charge in [0.25, 0.3) is 0 Å². The number of ether oxygens (including phenoxy) is 1. The Morgan fingerprint density at radius 2 is 2.09 bits per heavy atom. The number of aliphatic hydroxyl groups is 1. The first-order valence-corrected chi connectivity index (χ1v) is 11.9. The van der Waals surface area contributed by atoms with E-state index in [9.17, 15) is 14.7 Å². The third kappa shape index (κ3) is 3.89. The zero-order valence-electron chi connectivity index (χ0n) is 19.0. The quantitative estimate of drug-likeness (QED) is 0.521. The number of hydrogen-bond donors (Lipinski definition) is 3. The van der Waals surface area contributed by atoms with Gasteiger partial charge in [-0.3, -0.25) is 14.7 Å². The molecule has 0 unspecified atom stereocenters. The molecular weight excluding hydrogens is 451 g/mol. The van der Waals surface area contributed by atoms with E-state index >= 15 is 4.39 Å². The maximum absolute atomic E-state index is 15.1. The number of nitrogens with zero attached hydrogens (tertiary/aromatic N) is 2. The molecule has 1 aromatic carbocycles. The van der Waals surface area contributed by atoms with E-state index in [1.807, 2.05) is 6.07 Å². The molecule has 2 aromatic heterocycles. The van der Waals surface area contributed by atoms with Crippen LogP contribution in [0.4, 0.5) is 4.39 Å². The highest BCUT2D eigenvalue weighted by Crippen LogP contribution is 2.51. The number of nitrogens with one attached hydrogen (secondary N) is 2. The largest absolute Gasteiger partial charge is 0.474 e. The van der Waals surface area contributed by atoms with Gasteiger partial charge in [0.2, 0.25) is 11.8 Å². The number of rotatable bonds is 5. The van der Waals surface area contributed by atoms with Crippen molar-refractivity contribution in [2.75, 3.05) is 0 Å². The van der Waals surface area contributed by atoms with Crippen molar-refractivity contribution in [3.8, 4) is 5.88 Å². The molecule has 3 aliphatic rings. The molecule has 0 saturated heterocycles. The van der Waals surface area contributed by atoms with Gasteiger partial charge in [-0.15, -0.1) is 0 Å². The highest BCUT2D eigenvalue weighted by atomic mass is 19.1. The standard InChI is InChI=1S/C26H25FN4O4/c27-19-3-1-2-15-6-14(8-23(34)29-16-9-17(32)10-16)7-22(33)26(25(15)19)11-18(12-26)35-24-5-4-20-21(30-24)13-28-31-20/h1-6,13,16-18,32H,7-12H2,(H,28,31)(H,29,34). The lowest BCUT2D eigenvalue weighted by atomic mass is 9.59. The smallest absolute Gasteiger partial charge is 0.224 e. The van der Waals surface area contributed by atoms with E-state index in [-0.39, 0.29) is 42.8 Å². The molecule has 2 fully saturated rings. The number of H-pyrrole nitrogens is 1. The summed E-state index contributed by atoms with van der Waals surface area (Å²) in [5, 5.41) is 19.1. The summed E-state index contributed by atoms with van der Waals surface area (Å²) in [5.41, 5.74) is 2.18. The number of aromatic amines is 1. The van der Waals surface area contributed by atoms with E-state index in [4.69, 9.17) is 4.74 Å². The van der Waals surface area contributed by atoms with Gasteiger partial charge in [-0.1, -0.05) is 23.8 Å². The second kappa shape index (κ2) is 8.27. The molecule has 3 aromatic rings. The summed E-state index contributed by atoms with van der Waals surface area (Å²) in [6.45, 7) is 0. The number of ketones is 1.